The number of carbonyl (C=O) groups is 4. The number of carbonyl (C=O) groups excluding carboxylic acids is 4. The Morgan fingerprint density at radius 3 is 2.40 bits per heavy atom. The average Bonchev–Trinajstić information content (AvgIpc) is 3.86. The van der Waals surface area contributed by atoms with E-state index in [4.69, 9.17) is 20.4 Å². The third-order valence-corrected chi connectivity index (χ3v) is 17.0. The number of halogens is 1. The molecule has 7 aliphatic rings. The first kappa shape index (κ1) is 44.9. The van der Waals surface area contributed by atoms with Crippen LogP contribution in [0.3, 0.4) is 0 Å². The summed E-state index contributed by atoms with van der Waals surface area (Å²) in [7, 11) is 0. The highest BCUT2D eigenvalue weighted by Gasteiger charge is 2.58. The molecule has 3 aromatic carbocycles. The van der Waals surface area contributed by atoms with Crippen molar-refractivity contribution < 1.29 is 28.3 Å². The summed E-state index contributed by atoms with van der Waals surface area (Å²) in [5.41, 5.74) is 11.4. The van der Waals surface area contributed by atoms with Crippen LogP contribution in [0, 0.1) is 22.6 Å². The van der Waals surface area contributed by atoms with E-state index in [1.165, 1.54) is 11.8 Å². The zero-order valence-electron chi connectivity index (χ0n) is 38.5. The standard InChI is InChI=1S/C51H59FN10O5S/c1-32-46(53)51(31-67-32)13-17-61(18-14-51)43-27-55-45(28-54-43)68-37-4-2-3-35(25-37)56-47(64)39-26-50(39)11-15-60(16-12-50)41-8-5-33(23-40(41)52)29-58-19-21-59(22-20-58)36-6-7-38-34(24-36)30-62(49(38)66)42-9-10-44(63)57-48(42)65/h2-8,23-25,27-28,32,39,42,46H,9-22,26,29-31,53H2,1H3,(H,56,64)(H,57,63,65)/t32-,39?,42?,46+/m0/s1. The number of ether oxygens (including phenoxy) is 1. The van der Waals surface area contributed by atoms with Crippen LogP contribution in [0.2, 0.25) is 0 Å². The molecule has 4 N–H and O–H groups in total. The number of anilines is 4. The molecule has 5 saturated heterocycles. The van der Waals surface area contributed by atoms with Gasteiger partial charge in [0.15, 0.2) is 0 Å². The lowest BCUT2D eigenvalue weighted by Gasteiger charge is -2.41. The Hall–Kier alpha value is -5.62. The number of hydrogen-bond donors (Lipinski definition) is 3. The Bertz CT molecular complexity index is 2610. The number of amides is 4. The summed E-state index contributed by atoms with van der Waals surface area (Å²) in [6.07, 6.45) is 8.85. The number of piperidine rings is 3. The smallest absolute Gasteiger partial charge is 0.255 e. The monoisotopic (exact) mass is 942 g/mol. The predicted molar refractivity (Wildman–Crippen MR) is 257 cm³/mol. The quantitative estimate of drug-likeness (QED) is 0.173. The van der Waals surface area contributed by atoms with Gasteiger partial charge >= 0.3 is 0 Å². The average molecular weight is 943 g/mol. The summed E-state index contributed by atoms with van der Waals surface area (Å²) in [6.45, 7) is 10.2. The third-order valence-electron chi connectivity index (χ3n) is 16.1. The summed E-state index contributed by atoms with van der Waals surface area (Å²) in [6, 6.07) is 18.8. The van der Waals surface area contributed by atoms with Crippen LogP contribution in [0.4, 0.5) is 27.3 Å². The third kappa shape index (κ3) is 8.71. The highest BCUT2D eigenvalue weighted by Crippen LogP contribution is 2.60. The number of piperazine rings is 1. The van der Waals surface area contributed by atoms with Gasteiger partial charge in [-0.25, -0.2) is 14.4 Å². The molecule has 11 rings (SSSR count). The summed E-state index contributed by atoms with van der Waals surface area (Å²) in [4.78, 5) is 72.0. The molecule has 7 heterocycles. The fourth-order valence-corrected chi connectivity index (χ4v) is 12.5. The molecule has 1 aliphatic carbocycles. The molecule has 1 saturated carbocycles. The van der Waals surface area contributed by atoms with Crippen LogP contribution in [0.1, 0.15) is 73.4 Å². The Morgan fingerprint density at radius 1 is 0.897 bits per heavy atom. The molecule has 4 amide bonds. The molecular weight excluding hydrogens is 884 g/mol. The number of nitrogens with zero attached hydrogens (tertiary/aromatic N) is 7. The van der Waals surface area contributed by atoms with E-state index in [1.807, 2.05) is 60.9 Å². The summed E-state index contributed by atoms with van der Waals surface area (Å²) < 4.78 is 21.7. The molecule has 17 heteroatoms. The van der Waals surface area contributed by atoms with Gasteiger partial charge in [0.2, 0.25) is 17.7 Å². The van der Waals surface area contributed by atoms with E-state index in [0.717, 1.165) is 116 Å². The van der Waals surface area contributed by atoms with Gasteiger partial charge in [-0.3, -0.25) is 29.4 Å². The van der Waals surface area contributed by atoms with Crippen molar-refractivity contribution in [2.45, 2.75) is 93.1 Å². The normalized spacial score (nSPS) is 25.5. The number of rotatable bonds is 10. The molecule has 2 spiro atoms. The van der Waals surface area contributed by atoms with Crippen molar-refractivity contribution >= 4 is 58.3 Å². The van der Waals surface area contributed by atoms with Crippen molar-refractivity contribution in [1.82, 2.24) is 25.1 Å². The van der Waals surface area contributed by atoms with Crippen LogP contribution in [-0.2, 0) is 32.2 Å². The molecular formula is C51H59FN10O5S. The molecule has 0 radical (unpaired) electrons. The SMILES string of the molecule is C[C@@H]1OCC2(CCN(c3cnc(Sc4cccc(NC(=O)C5CC56CCN(c5ccc(CN7CCN(c8ccc9c(c8)CN(C8CCC(=O)NC8=O)C9=O)CC7)cc5F)CC6)c4)cn3)CC2)[C@@H]1N. The number of nitrogens with one attached hydrogen (secondary N) is 2. The van der Waals surface area contributed by atoms with Crippen LogP contribution in [-0.4, -0.2) is 121 Å². The van der Waals surface area contributed by atoms with Crippen LogP contribution in [0.15, 0.2) is 83.0 Å². The first-order chi connectivity index (χ1) is 32.9. The lowest BCUT2D eigenvalue weighted by molar-refractivity contribution is -0.137. The molecule has 4 aromatic rings. The van der Waals surface area contributed by atoms with Gasteiger partial charge in [-0.1, -0.05) is 23.9 Å². The fourth-order valence-electron chi connectivity index (χ4n) is 11.7. The maximum atomic E-state index is 15.8. The Morgan fingerprint density at radius 2 is 1.68 bits per heavy atom. The molecule has 15 nitrogen and oxygen atoms in total. The first-order valence-electron chi connectivity index (χ1n) is 24.2. The Labute approximate surface area is 400 Å². The van der Waals surface area contributed by atoms with Crippen molar-refractivity contribution in [2.75, 3.05) is 79.0 Å². The van der Waals surface area contributed by atoms with E-state index in [0.29, 0.717) is 43.9 Å². The van der Waals surface area contributed by atoms with Gasteiger partial charge in [0.05, 0.1) is 30.8 Å². The summed E-state index contributed by atoms with van der Waals surface area (Å²) in [5.74, 6) is -0.223. The molecule has 68 heavy (non-hydrogen) atoms. The zero-order chi connectivity index (χ0) is 46.7. The second-order valence-corrected chi connectivity index (χ2v) is 21.2. The maximum absolute atomic E-state index is 15.8. The van der Waals surface area contributed by atoms with Gasteiger partial charge in [0, 0.05) is 111 Å². The van der Waals surface area contributed by atoms with Crippen LogP contribution in [0.5, 0.6) is 0 Å². The van der Waals surface area contributed by atoms with Crippen LogP contribution in [0.25, 0.3) is 0 Å². The van der Waals surface area contributed by atoms with Gasteiger partial charge < -0.3 is 35.4 Å². The number of imide groups is 1. The molecule has 1 aromatic heterocycles. The Kier molecular flexibility index (Phi) is 11.9. The van der Waals surface area contributed by atoms with Gasteiger partial charge in [-0.15, -0.1) is 0 Å². The van der Waals surface area contributed by atoms with E-state index in [9.17, 15) is 19.2 Å². The molecule has 6 aliphatic heterocycles. The highest BCUT2D eigenvalue weighted by atomic mass is 32.2. The minimum atomic E-state index is -0.632. The van der Waals surface area contributed by atoms with E-state index in [2.05, 4.69) is 43.2 Å². The molecule has 6 fully saturated rings. The van der Waals surface area contributed by atoms with E-state index < -0.39 is 11.9 Å². The summed E-state index contributed by atoms with van der Waals surface area (Å²) >= 11 is 1.52. The number of hydrogen-bond acceptors (Lipinski definition) is 13. The second kappa shape index (κ2) is 18.0. The minimum Gasteiger partial charge on any atom is -0.376 e. The largest absolute Gasteiger partial charge is 0.376 e. The Balaban J connectivity index is 0.622. The van der Waals surface area contributed by atoms with Crippen molar-refractivity contribution in [3.63, 3.8) is 0 Å². The van der Waals surface area contributed by atoms with E-state index in [1.54, 1.807) is 11.0 Å². The van der Waals surface area contributed by atoms with Gasteiger partial charge in [0.25, 0.3) is 5.91 Å². The fraction of sp³-hybridized carbons (Fsp3) is 0.490. The van der Waals surface area contributed by atoms with E-state index in [-0.39, 0.29) is 58.9 Å². The maximum Gasteiger partial charge on any atom is 0.255 e. The predicted octanol–water partition coefficient (Wildman–Crippen LogP) is 5.43. The van der Waals surface area contributed by atoms with Crippen LogP contribution < -0.4 is 31.1 Å². The number of aromatic nitrogens is 2. The van der Waals surface area contributed by atoms with Crippen molar-refractivity contribution in [2.24, 2.45) is 22.5 Å². The topological polar surface area (TPSA) is 170 Å². The van der Waals surface area contributed by atoms with Crippen molar-refractivity contribution in [3.05, 3.63) is 95.6 Å². The minimum absolute atomic E-state index is 0.0412. The van der Waals surface area contributed by atoms with Crippen molar-refractivity contribution in [1.29, 1.82) is 0 Å². The van der Waals surface area contributed by atoms with E-state index >= 15 is 4.39 Å². The van der Waals surface area contributed by atoms with Crippen LogP contribution >= 0.6 is 11.8 Å². The zero-order valence-corrected chi connectivity index (χ0v) is 39.3. The molecule has 356 valence electrons. The number of fused-ring (bicyclic) bond motifs is 1. The molecule has 2 unspecified atom stereocenters. The summed E-state index contributed by atoms with van der Waals surface area (Å²) in [5, 5.41) is 6.33. The van der Waals surface area contributed by atoms with Crippen molar-refractivity contribution in [3.8, 4) is 0 Å². The number of benzene rings is 3. The molecule has 4 atom stereocenters. The lowest BCUT2D eigenvalue weighted by atomic mass is 9.73. The van der Waals surface area contributed by atoms with Gasteiger partial charge in [0.1, 0.15) is 22.7 Å². The highest BCUT2D eigenvalue weighted by molar-refractivity contribution is 7.99. The molecule has 0 bridgehead atoms. The second-order valence-electron chi connectivity index (χ2n) is 20.1. The van der Waals surface area contributed by atoms with Gasteiger partial charge in [-0.05, 0) is 111 Å². The number of nitrogens with two attached hydrogens (primary N) is 1. The first-order valence-corrected chi connectivity index (χ1v) is 25.1. The van der Waals surface area contributed by atoms with Gasteiger partial charge in [-0.2, -0.15) is 0 Å². The lowest BCUT2D eigenvalue weighted by Crippen LogP contribution is -2.52.